The third-order valence-electron chi connectivity index (χ3n) is 3.20. The van der Waals surface area contributed by atoms with Crippen LogP contribution in [0, 0.1) is 5.92 Å². The molecule has 1 aliphatic rings. The lowest BCUT2D eigenvalue weighted by molar-refractivity contribution is 0.208. The zero-order valence-electron chi connectivity index (χ0n) is 9.31. The van der Waals surface area contributed by atoms with Gasteiger partial charge in [-0.3, -0.25) is 0 Å². The molecule has 1 aliphatic heterocycles. The summed E-state index contributed by atoms with van der Waals surface area (Å²) in [5.41, 5.74) is 0. The Morgan fingerprint density at radius 3 is 2.87 bits per heavy atom. The minimum Gasteiger partial charge on any atom is -0.372 e. The van der Waals surface area contributed by atoms with Crippen LogP contribution in [-0.4, -0.2) is 40.7 Å². The second-order valence-electron chi connectivity index (χ2n) is 4.36. The average molecular weight is 226 g/mol. The SMILES string of the molecule is CC(Nc1cnns1)C1CCN(C)CC1. The summed E-state index contributed by atoms with van der Waals surface area (Å²) >= 11 is 1.43. The second-order valence-corrected chi connectivity index (χ2v) is 5.14. The smallest absolute Gasteiger partial charge is 0.130 e. The van der Waals surface area contributed by atoms with E-state index in [2.05, 4.69) is 33.8 Å². The predicted molar refractivity (Wildman–Crippen MR) is 63.2 cm³/mol. The molecule has 4 nitrogen and oxygen atoms in total. The summed E-state index contributed by atoms with van der Waals surface area (Å²) in [6.07, 6.45) is 4.38. The average Bonchev–Trinajstić information content (AvgIpc) is 2.71. The van der Waals surface area contributed by atoms with Gasteiger partial charge in [0.2, 0.25) is 0 Å². The maximum atomic E-state index is 3.85. The van der Waals surface area contributed by atoms with Crippen LogP contribution in [0.3, 0.4) is 0 Å². The van der Waals surface area contributed by atoms with Gasteiger partial charge in [0.25, 0.3) is 0 Å². The lowest BCUT2D eigenvalue weighted by Gasteiger charge is -2.33. The fraction of sp³-hybridized carbons (Fsp3) is 0.800. The Morgan fingerprint density at radius 1 is 1.53 bits per heavy atom. The summed E-state index contributed by atoms with van der Waals surface area (Å²) in [5.74, 6) is 0.781. The molecule has 0 amide bonds. The van der Waals surface area contributed by atoms with Crippen molar-refractivity contribution < 1.29 is 0 Å². The lowest BCUT2D eigenvalue weighted by Crippen LogP contribution is -2.37. The van der Waals surface area contributed by atoms with Gasteiger partial charge in [-0.1, -0.05) is 4.49 Å². The Labute approximate surface area is 94.8 Å². The number of likely N-dealkylation sites (tertiary alicyclic amines) is 1. The summed E-state index contributed by atoms with van der Waals surface area (Å²) in [5, 5.41) is 8.40. The molecule has 1 N–H and O–H groups in total. The van der Waals surface area contributed by atoms with E-state index in [0.29, 0.717) is 6.04 Å². The largest absolute Gasteiger partial charge is 0.372 e. The maximum Gasteiger partial charge on any atom is 0.130 e. The Bertz CT molecular complexity index is 280. The highest BCUT2D eigenvalue weighted by atomic mass is 32.1. The van der Waals surface area contributed by atoms with Gasteiger partial charge in [-0.25, -0.2) is 0 Å². The number of piperidine rings is 1. The zero-order chi connectivity index (χ0) is 10.7. The van der Waals surface area contributed by atoms with E-state index in [1.54, 1.807) is 6.20 Å². The Kier molecular flexibility index (Phi) is 3.53. The topological polar surface area (TPSA) is 41.1 Å². The molecule has 84 valence electrons. The first-order valence-corrected chi connectivity index (χ1v) is 6.25. The number of hydrogen-bond donors (Lipinski definition) is 1. The molecule has 0 aromatic carbocycles. The molecular formula is C10H18N4S. The first kappa shape index (κ1) is 10.8. The Balaban J connectivity index is 1.83. The van der Waals surface area contributed by atoms with Crippen LogP contribution < -0.4 is 5.32 Å². The van der Waals surface area contributed by atoms with Crippen LogP contribution in [0.1, 0.15) is 19.8 Å². The third-order valence-corrected chi connectivity index (χ3v) is 3.80. The standard InChI is InChI=1S/C10H18N4S/c1-8(12-10-7-11-13-15-10)9-3-5-14(2)6-4-9/h7-9,12H,3-6H2,1-2H3. The van der Waals surface area contributed by atoms with Crippen LogP contribution in [0.15, 0.2) is 6.20 Å². The van der Waals surface area contributed by atoms with Gasteiger partial charge in [0.15, 0.2) is 0 Å². The van der Waals surface area contributed by atoms with Gasteiger partial charge in [0.1, 0.15) is 5.00 Å². The van der Waals surface area contributed by atoms with Crippen molar-refractivity contribution in [2.24, 2.45) is 5.92 Å². The van der Waals surface area contributed by atoms with E-state index in [4.69, 9.17) is 0 Å². The van der Waals surface area contributed by atoms with Crippen LogP contribution >= 0.6 is 11.5 Å². The molecule has 0 bridgehead atoms. The van der Waals surface area contributed by atoms with E-state index in [1.165, 1.54) is 37.5 Å². The van der Waals surface area contributed by atoms with Gasteiger partial charge in [-0.15, -0.1) is 5.10 Å². The van der Waals surface area contributed by atoms with Crippen LogP contribution in [0.2, 0.25) is 0 Å². The van der Waals surface area contributed by atoms with Crippen molar-refractivity contribution >= 4 is 16.5 Å². The second kappa shape index (κ2) is 4.90. The molecule has 1 fully saturated rings. The number of rotatable bonds is 3. The van der Waals surface area contributed by atoms with Gasteiger partial charge in [-0.2, -0.15) is 0 Å². The molecule has 2 heterocycles. The number of anilines is 1. The lowest BCUT2D eigenvalue weighted by atomic mass is 9.91. The highest BCUT2D eigenvalue weighted by Crippen LogP contribution is 2.23. The summed E-state index contributed by atoms with van der Waals surface area (Å²) in [4.78, 5) is 2.40. The van der Waals surface area contributed by atoms with Gasteiger partial charge < -0.3 is 10.2 Å². The van der Waals surface area contributed by atoms with Crippen molar-refractivity contribution in [2.75, 3.05) is 25.5 Å². The zero-order valence-corrected chi connectivity index (χ0v) is 10.1. The summed E-state index contributed by atoms with van der Waals surface area (Å²) < 4.78 is 3.85. The molecule has 0 radical (unpaired) electrons. The summed E-state index contributed by atoms with van der Waals surface area (Å²) in [6.45, 7) is 4.70. The van der Waals surface area contributed by atoms with E-state index in [-0.39, 0.29) is 0 Å². The van der Waals surface area contributed by atoms with Crippen LogP contribution in [-0.2, 0) is 0 Å². The molecule has 2 rings (SSSR count). The maximum absolute atomic E-state index is 3.85. The van der Waals surface area contributed by atoms with E-state index < -0.39 is 0 Å². The normalized spacial score (nSPS) is 21.5. The number of aromatic nitrogens is 2. The fourth-order valence-electron chi connectivity index (χ4n) is 2.10. The molecule has 0 spiro atoms. The highest BCUT2D eigenvalue weighted by molar-refractivity contribution is 7.09. The molecule has 5 heteroatoms. The van der Waals surface area contributed by atoms with E-state index in [1.807, 2.05) is 0 Å². The first-order valence-electron chi connectivity index (χ1n) is 5.48. The monoisotopic (exact) mass is 226 g/mol. The highest BCUT2D eigenvalue weighted by Gasteiger charge is 2.22. The van der Waals surface area contributed by atoms with Gasteiger partial charge >= 0.3 is 0 Å². The molecular weight excluding hydrogens is 208 g/mol. The van der Waals surface area contributed by atoms with Crippen molar-refractivity contribution in [3.8, 4) is 0 Å². The minimum absolute atomic E-state index is 0.529. The molecule has 1 atom stereocenters. The first-order chi connectivity index (χ1) is 7.25. The number of nitrogens with zero attached hydrogens (tertiary/aromatic N) is 3. The third kappa shape index (κ3) is 2.89. The van der Waals surface area contributed by atoms with Gasteiger partial charge in [-0.05, 0) is 45.8 Å². The molecule has 0 saturated carbocycles. The minimum atomic E-state index is 0.529. The Hall–Kier alpha value is -0.680. The summed E-state index contributed by atoms with van der Waals surface area (Å²) in [7, 11) is 2.20. The van der Waals surface area contributed by atoms with Crippen molar-refractivity contribution in [1.82, 2.24) is 14.5 Å². The van der Waals surface area contributed by atoms with E-state index in [0.717, 1.165) is 10.9 Å². The number of hydrogen-bond acceptors (Lipinski definition) is 5. The molecule has 1 aromatic rings. The fourth-order valence-corrected chi connectivity index (χ4v) is 2.62. The molecule has 15 heavy (non-hydrogen) atoms. The van der Waals surface area contributed by atoms with Crippen molar-refractivity contribution in [3.05, 3.63) is 6.20 Å². The molecule has 1 saturated heterocycles. The van der Waals surface area contributed by atoms with Crippen LogP contribution in [0.4, 0.5) is 5.00 Å². The van der Waals surface area contributed by atoms with E-state index in [9.17, 15) is 0 Å². The van der Waals surface area contributed by atoms with E-state index >= 15 is 0 Å². The van der Waals surface area contributed by atoms with Crippen molar-refractivity contribution in [1.29, 1.82) is 0 Å². The van der Waals surface area contributed by atoms with Gasteiger partial charge in [0.05, 0.1) is 6.20 Å². The Morgan fingerprint density at radius 2 is 2.27 bits per heavy atom. The number of nitrogens with one attached hydrogen (secondary N) is 1. The van der Waals surface area contributed by atoms with Crippen LogP contribution in [0.25, 0.3) is 0 Å². The van der Waals surface area contributed by atoms with Crippen LogP contribution in [0.5, 0.6) is 0 Å². The molecule has 1 unspecified atom stereocenters. The van der Waals surface area contributed by atoms with Gasteiger partial charge in [0, 0.05) is 17.6 Å². The quantitative estimate of drug-likeness (QED) is 0.851. The molecule has 0 aliphatic carbocycles. The van der Waals surface area contributed by atoms with Crippen molar-refractivity contribution in [2.45, 2.75) is 25.8 Å². The summed E-state index contributed by atoms with van der Waals surface area (Å²) in [6, 6.07) is 0.529. The molecule has 1 aromatic heterocycles. The van der Waals surface area contributed by atoms with Crippen molar-refractivity contribution in [3.63, 3.8) is 0 Å². The predicted octanol–water partition coefficient (Wildman–Crippen LogP) is 1.68.